The molecule has 0 bridgehead atoms. The van der Waals surface area contributed by atoms with Crippen molar-refractivity contribution in [1.29, 1.82) is 0 Å². The third-order valence-electron chi connectivity index (χ3n) is 2.07. The van der Waals surface area contributed by atoms with Crippen LogP contribution in [-0.2, 0) is 6.54 Å². The van der Waals surface area contributed by atoms with Gasteiger partial charge < -0.3 is 4.90 Å². The van der Waals surface area contributed by atoms with Gasteiger partial charge in [0.25, 0.3) is 5.92 Å². The summed E-state index contributed by atoms with van der Waals surface area (Å²) in [5.74, 6) is -1.86. The van der Waals surface area contributed by atoms with E-state index in [0.717, 1.165) is 0 Å². The Hall–Kier alpha value is -1.20. The van der Waals surface area contributed by atoms with Crippen LogP contribution >= 0.6 is 0 Å². The Kier molecular flexibility index (Phi) is 1.71. The molecule has 0 N–H and O–H groups in total. The molecule has 0 radical (unpaired) electrons. The zero-order valence-electron chi connectivity index (χ0n) is 7.24. The molecule has 1 aromatic rings. The van der Waals surface area contributed by atoms with E-state index < -0.39 is 5.92 Å². The van der Waals surface area contributed by atoms with Crippen LogP contribution in [0.4, 0.5) is 14.6 Å². The van der Waals surface area contributed by atoms with Gasteiger partial charge in [0, 0.05) is 6.54 Å². The van der Waals surface area contributed by atoms with E-state index in [-0.39, 0.29) is 13.1 Å². The van der Waals surface area contributed by atoms with Crippen molar-refractivity contribution in [3.63, 3.8) is 0 Å². The third-order valence-corrected chi connectivity index (χ3v) is 2.07. The lowest BCUT2D eigenvalue weighted by atomic mass is 10.1. The van der Waals surface area contributed by atoms with Gasteiger partial charge in [0.15, 0.2) is 0 Å². The number of aryl methyl sites for hydroxylation is 1. The van der Waals surface area contributed by atoms with Crippen LogP contribution in [-0.4, -0.2) is 34.0 Å². The number of aromatic nitrogens is 3. The molecule has 1 aromatic heterocycles. The largest absolute Gasteiger partial charge is 0.343 e. The summed E-state index contributed by atoms with van der Waals surface area (Å²) in [4.78, 5) is 1.57. The molecule has 1 aliphatic rings. The van der Waals surface area contributed by atoms with E-state index in [0.29, 0.717) is 12.4 Å². The first-order valence-electron chi connectivity index (χ1n) is 4.13. The van der Waals surface area contributed by atoms with Crippen LogP contribution in [0.3, 0.4) is 0 Å². The zero-order chi connectivity index (χ0) is 9.47. The van der Waals surface area contributed by atoms with Crippen LogP contribution in [0.1, 0.15) is 6.92 Å². The van der Waals surface area contributed by atoms with Crippen molar-refractivity contribution in [2.24, 2.45) is 0 Å². The Morgan fingerprint density at radius 1 is 1.54 bits per heavy atom. The van der Waals surface area contributed by atoms with Crippen molar-refractivity contribution in [2.75, 3.05) is 18.0 Å². The molecular weight excluding hydrogens is 178 g/mol. The molecule has 0 atom stereocenters. The number of halogens is 2. The molecule has 1 saturated heterocycles. The first-order valence-corrected chi connectivity index (χ1v) is 4.13. The van der Waals surface area contributed by atoms with Gasteiger partial charge in [-0.25, -0.2) is 13.5 Å². The van der Waals surface area contributed by atoms with Gasteiger partial charge >= 0.3 is 0 Å². The summed E-state index contributed by atoms with van der Waals surface area (Å²) in [5.41, 5.74) is 0. The van der Waals surface area contributed by atoms with Gasteiger partial charge in [0.1, 0.15) is 5.82 Å². The average Bonchev–Trinajstić information content (AvgIpc) is 2.46. The fourth-order valence-electron chi connectivity index (χ4n) is 1.40. The fraction of sp³-hybridized carbons (Fsp3) is 0.714. The number of hydrogen-bond donors (Lipinski definition) is 0. The number of rotatable bonds is 2. The number of alkyl halides is 2. The molecule has 0 aliphatic carbocycles. The summed E-state index contributed by atoms with van der Waals surface area (Å²) in [6, 6.07) is 0. The second kappa shape index (κ2) is 2.65. The van der Waals surface area contributed by atoms with E-state index in [4.69, 9.17) is 0 Å². The van der Waals surface area contributed by atoms with E-state index >= 15 is 0 Å². The van der Waals surface area contributed by atoms with Crippen molar-refractivity contribution in [3.05, 3.63) is 6.20 Å². The van der Waals surface area contributed by atoms with Crippen molar-refractivity contribution in [3.8, 4) is 0 Å². The molecule has 72 valence electrons. The smallest absolute Gasteiger partial charge is 0.282 e. The third kappa shape index (κ3) is 1.36. The van der Waals surface area contributed by atoms with Gasteiger partial charge in [-0.15, -0.1) is 5.10 Å². The van der Waals surface area contributed by atoms with Crippen LogP contribution < -0.4 is 4.90 Å². The average molecular weight is 188 g/mol. The Labute approximate surface area is 74.1 Å². The quantitative estimate of drug-likeness (QED) is 0.686. The summed E-state index contributed by atoms with van der Waals surface area (Å²) in [6.07, 6.45) is 1.51. The lowest BCUT2D eigenvalue weighted by Crippen LogP contribution is -2.57. The van der Waals surface area contributed by atoms with Crippen molar-refractivity contribution in [2.45, 2.75) is 19.4 Å². The normalized spacial score (nSPS) is 20.1. The van der Waals surface area contributed by atoms with Gasteiger partial charge in [-0.3, -0.25) is 0 Å². The van der Waals surface area contributed by atoms with Crippen LogP contribution in [0.2, 0.25) is 0 Å². The molecule has 6 heteroatoms. The SMILES string of the molecule is CCn1nncc1N1CC(F)(F)C1. The predicted octanol–water partition coefficient (Wildman–Crippen LogP) is 0.753. The van der Waals surface area contributed by atoms with Gasteiger partial charge in [0.2, 0.25) is 0 Å². The molecule has 0 saturated carbocycles. The number of nitrogens with zero attached hydrogens (tertiary/aromatic N) is 4. The molecule has 1 fully saturated rings. The van der Waals surface area contributed by atoms with Crippen LogP contribution in [0, 0.1) is 0 Å². The lowest BCUT2D eigenvalue weighted by molar-refractivity contribution is -0.0271. The van der Waals surface area contributed by atoms with Crippen LogP contribution in [0.5, 0.6) is 0 Å². The molecule has 2 rings (SSSR count). The maximum atomic E-state index is 12.5. The van der Waals surface area contributed by atoms with E-state index in [1.165, 1.54) is 6.20 Å². The molecular formula is C7H10F2N4. The lowest BCUT2D eigenvalue weighted by Gasteiger charge is -2.39. The summed E-state index contributed by atoms with van der Waals surface area (Å²) < 4.78 is 26.7. The van der Waals surface area contributed by atoms with Crippen molar-refractivity contribution < 1.29 is 8.78 Å². The van der Waals surface area contributed by atoms with Gasteiger partial charge in [0.05, 0.1) is 19.3 Å². The molecule has 13 heavy (non-hydrogen) atoms. The second-order valence-corrected chi connectivity index (χ2v) is 3.12. The van der Waals surface area contributed by atoms with E-state index in [9.17, 15) is 8.78 Å². The van der Waals surface area contributed by atoms with Gasteiger partial charge in [-0.1, -0.05) is 5.21 Å². The van der Waals surface area contributed by atoms with Crippen molar-refractivity contribution >= 4 is 5.82 Å². The molecule has 0 spiro atoms. The first kappa shape index (κ1) is 8.40. The minimum absolute atomic E-state index is 0.222. The van der Waals surface area contributed by atoms with Gasteiger partial charge in [-0.2, -0.15) is 0 Å². The highest BCUT2D eigenvalue weighted by Gasteiger charge is 2.45. The predicted molar refractivity (Wildman–Crippen MR) is 42.9 cm³/mol. The fourth-order valence-corrected chi connectivity index (χ4v) is 1.40. The first-order chi connectivity index (χ1) is 6.12. The summed E-state index contributed by atoms with van der Waals surface area (Å²) >= 11 is 0. The van der Waals surface area contributed by atoms with E-state index in [1.807, 2.05) is 6.92 Å². The molecule has 2 heterocycles. The minimum atomic E-state index is -2.54. The number of anilines is 1. The highest BCUT2D eigenvalue weighted by Crippen LogP contribution is 2.30. The highest BCUT2D eigenvalue weighted by atomic mass is 19.3. The van der Waals surface area contributed by atoms with E-state index in [1.54, 1.807) is 9.58 Å². The Bertz CT molecular complexity index is 301. The Morgan fingerprint density at radius 2 is 2.23 bits per heavy atom. The standard InChI is InChI=1S/C7H10F2N4/c1-2-13-6(3-10-11-13)12-4-7(8,9)5-12/h3H,2,4-5H2,1H3. The second-order valence-electron chi connectivity index (χ2n) is 3.12. The zero-order valence-corrected chi connectivity index (χ0v) is 7.24. The highest BCUT2D eigenvalue weighted by molar-refractivity contribution is 5.41. The molecule has 0 unspecified atom stereocenters. The topological polar surface area (TPSA) is 34.0 Å². The molecule has 0 aromatic carbocycles. The van der Waals surface area contributed by atoms with Crippen LogP contribution in [0.15, 0.2) is 6.20 Å². The maximum Gasteiger partial charge on any atom is 0.282 e. The van der Waals surface area contributed by atoms with Gasteiger partial charge in [-0.05, 0) is 6.92 Å². The molecule has 1 aliphatic heterocycles. The Balaban J connectivity index is 2.11. The summed E-state index contributed by atoms with van der Waals surface area (Å²) in [6.45, 7) is 2.11. The molecule has 4 nitrogen and oxygen atoms in total. The summed E-state index contributed by atoms with van der Waals surface area (Å²) in [5, 5.41) is 7.44. The number of hydrogen-bond acceptors (Lipinski definition) is 3. The monoisotopic (exact) mass is 188 g/mol. The van der Waals surface area contributed by atoms with Crippen molar-refractivity contribution in [1.82, 2.24) is 15.0 Å². The Morgan fingerprint density at radius 3 is 2.77 bits per heavy atom. The minimum Gasteiger partial charge on any atom is -0.343 e. The van der Waals surface area contributed by atoms with Crippen LogP contribution in [0.25, 0.3) is 0 Å². The maximum absolute atomic E-state index is 12.5. The summed E-state index contributed by atoms with van der Waals surface area (Å²) in [7, 11) is 0. The molecule has 0 amide bonds. The van der Waals surface area contributed by atoms with E-state index in [2.05, 4.69) is 10.3 Å².